The molecule has 2 aromatic rings. The Bertz CT molecular complexity index is 737. The van der Waals surface area contributed by atoms with Crippen molar-refractivity contribution < 1.29 is 4.74 Å². The highest BCUT2D eigenvalue weighted by atomic mass is 16.5. The van der Waals surface area contributed by atoms with Gasteiger partial charge in [0.2, 0.25) is 0 Å². The Kier molecular flexibility index (Phi) is 7.67. The summed E-state index contributed by atoms with van der Waals surface area (Å²) in [6, 6.07) is 7.90. The van der Waals surface area contributed by atoms with Crippen LogP contribution < -0.4 is 15.4 Å². The Labute approximate surface area is 155 Å². The van der Waals surface area contributed by atoms with Crippen molar-refractivity contribution in [1.82, 2.24) is 25.4 Å². The molecule has 0 saturated carbocycles. The van der Waals surface area contributed by atoms with Gasteiger partial charge in [0, 0.05) is 31.6 Å². The van der Waals surface area contributed by atoms with Crippen LogP contribution in [0.2, 0.25) is 0 Å². The van der Waals surface area contributed by atoms with Crippen molar-refractivity contribution in [2.75, 3.05) is 20.2 Å². The molecule has 140 valence electrons. The number of ether oxygens (including phenoxy) is 1. The van der Waals surface area contributed by atoms with Crippen LogP contribution in [0.25, 0.3) is 0 Å². The monoisotopic (exact) mass is 356 g/mol. The number of hydrogen-bond donors (Lipinski definition) is 2. The number of rotatable bonds is 9. The van der Waals surface area contributed by atoms with Gasteiger partial charge >= 0.3 is 0 Å². The highest BCUT2D eigenvalue weighted by molar-refractivity contribution is 5.80. The fraction of sp³-hybridized carbons (Fsp3) is 0.421. The molecule has 0 bridgehead atoms. The number of methoxy groups -OCH3 is 1. The van der Waals surface area contributed by atoms with E-state index in [1.807, 2.05) is 35.8 Å². The largest absolute Gasteiger partial charge is 0.496 e. The summed E-state index contributed by atoms with van der Waals surface area (Å²) in [5, 5.41) is 14.7. The lowest BCUT2D eigenvalue weighted by Crippen LogP contribution is -2.39. The van der Waals surface area contributed by atoms with E-state index in [1.165, 1.54) is 0 Å². The molecule has 0 radical (unpaired) electrons. The molecule has 0 atom stereocenters. The number of hydrogen-bond acceptors (Lipinski definition) is 4. The summed E-state index contributed by atoms with van der Waals surface area (Å²) in [7, 11) is 1.67. The van der Waals surface area contributed by atoms with Gasteiger partial charge < -0.3 is 19.9 Å². The zero-order chi connectivity index (χ0) is 18.8. The van der Waals surface area contributed by atoms with Crippen molar-refractivity contribution in [3.63, 3.8) is 0 Å². The maximum Gasteiger partial charge on any atom is 0.191 e. The Morgan fingerprint density at radius 2 is 2.12 bits per heavy atom. The average Bonchev–Trinajstić information content (AvgIpc) is 3.11. The third-order valence-corrected chi connectivity index (χ3v) is 3.81. The second-order valence-corrected chi connectivity index (χ2v) is 6.01. The van der Waals surface area contributed by atoms with Crippen molar-refractivity contribution in [3.05, 3.63) is 54.1 Å². The molecule has 7 heteroatoms. The number of guanidine groups is 1. The number of aromatic nitrogens is 3. The lowest BCUT2D eigenvalue weighted by Gasteiger charge is -2.14. The van der Waals surface area contributed by atoms with Crippen LogP contribution in [-0.4, -0.2) is 40.9 Å². The Hall–Kier alpha value is -2.83. The van der Waals surface area contributed by atoms with Crippen LogP contribution in [0, 0.1) is 0 Å². The molecule has 0 unspecified atom stereocenters. The van der Waals surface area contributed by atoms with E-state index < -0.39 is 0 Å². The third kappa shape index (κ3) is 5.91. The van der Waals surface area contributed by atoms with Gasteiger partial charge in [0.25, 0.3) is 0 Å². The minimum absolute atomic E-state index is 0.530. The minimum Gasteiger partial charge on any atom is -0.496 e. The molecule has 0 aliphatic rings. The molecule has 7 nitrogen and oxygen atoms in total. The van der Waals surface area contributed by atoms with E-state index in [1.54, 1.807) is 13.4 Å². The number of aliphatic imine (C=N–C) groups is 1. The van der Waals surface area contributed by atoms with E-state index in [-0.39, 0.29) is 0 Å². The topological polar surface area (TPSA) is 76.4 Å². The normalized spacial score (nSPS) is 11.3. The summed E-state index contributed by atoms with van der Waals surface area (Å²) in [6.45, 7) is 10.7. The summed E-state index contributed by atoms with van der Waals surface area (Å²) >= 11 is 0. The maximum absolute atomic E-state index is 5.39. The number of benzene rings is 1. The minimum atomic E-state index is 0.530. The predicted molar refractivity (Wildman–Crippen MR) is 104 cm³/mol. The highest BCUT2D eigenvalue weighted by Crippen LogP contribution is 2.17. The Morgan fingerprint density at radius 3 is 2.85 bits per heavy atom. The molecular weight excluding hydrogens is 328 g/mol. The van der Waals surface area contributed by atoms with Crippen LogP contribution in [0.1, 0.15) is 25.2 Å². The van der Waals surface area contributed by atoms with E-state index in [2.05, 4.69) is 39.3 Å². The highest BCUT2D eigenvalue weighted by Gasteiger charge is 2.04. The van der Waals surface area contributed by atoms with Crippen molar-refractivity contribution in [1.29, 1.82) is 0 Å². The summed E-state index contributed by atoms with van der Waals surface area (Å²) < 4.78 is 7.44. The molecule has 1 aromatic carbocycles. The van der Waals surface area contributed by atoms with Gasteiger partial charge in [-0.1, -0.05) is 37.3 Å². The fourth-order valence-corrected chi connectivity index (χ4v) is 2.44. The first kappa shape index (κ1) is 19.5. The van der Waals surface area contributed by atoms with Gasteiger partial charge in [0.05, 0.1) is 13.7 Å². The number of aryl methyl sites for hydroxylation is 1. The second-order valence-electron chi connectivity index (χ2n) is 6.01. The molecule has 2 rings (SSSR count). The van der Waals surface area contributed by atoms with Gasteiger partial charge in [0.15, 0.2) is 5.96 Å². The molecule has 1 aromatic heterocycles. The van der Waals surface area contributed by atoms with Crippen molar-refractivity contribution in [2.45, 2.75) is 33.4 Å². The van der Waals surface area contributed by atoms with Crippen LogP contribution in [0.4, 0.5) is 0 Å². The van der Waals surface area contributed by atoms with Gasteiger partial charge in [-0.05, 0) is 13.0 Å². The van der Waals surface area contributed by atoms with Gasteiger partial charge in [0.1, 0.15) is 17.9 Å². The molecule has 0 aliphatic heterocycles. The summed E-state index contributed by atoms with van der Waals surface area (Å²) in [5.74, 6) is 2.56. The van der Waals surface area contributed by atoms with Crippen LogP contribution >= 0.6 is 0 Å². The SMILES string of the molecule is C=C(C)CNC(=NCc1ccccc1OC)NCCn1cnnc1CC. The Morgan fingerprint density at radius 1 is 1.31 bits per heavy atom. The van der Waals surface area contributed by atoms with Gasteiger partial charge in [-0.3, -0.25) is 0 Å². The number of nitrogens with one attached hydrogen (secondary N) is 2. The lowest BCUT2D eigenvalue weighted by atomic mass is 10.2. The standard InChI is InChI=1S/C19H28N6O/c1-5-18-24-23-14-25(18)11-10-20-19(21-12-15(2)3)22-13-16-8-6-7-9-17(16)26-4/h6-9,14H,2,5,10-13H2,1,3-4H3,(H2,20,21,22). The summed E-state index contributed by atoms with van der Waals surface area (Å²) in [4.78, 5) is 4.67. The molecule has 2 N–H and O–H groups in total. The van der Waals surface area contributed by atoms with Gasteiger partial charge in [-0.25, -0.2) is 4.99 Å². The molecule has 0 aliphatic carbocycles. The summed E-state index contributed by atoms with van der Waals surface area (Å²) in [5.41, 5.74) is 2.09. The van der Waals surface area contributed by atoms with Crippen LogP contribution in [0.5, 0.6) is 5.75 Å². The predicted octanol–water partition coefficient (Wildman–Crippen LogP) is 2.16. The van der Waals surface area contributed by atoms with E-state index in [0.29, 0.717) is 13.1 Å². The van der Waals surface area contributed by atoms with E-state index in [0.717, 1.165) is 48.2 Å². The van der Waals surface area contributed by atoms with Crippen LogP contribution in [0.3, 0.4) is 0 Å². The number of nitrogens with zero attached hydrogens (tertiary/aromatic N) is 4. The number of para-hydroxylation sites is 1. The fourth-order valence-electron chi connectivity index (χ4n) is 2.44. The molecule has 0 fully saturated rings. The van der Waals surface area contributed by atoms with E-state index in [9.17, 15) is 0 Å². The van der Waals surface area contributed by atoms with Crippen molar-refractivity contribution >= 4 is 5.96 Å². The molecule has 26 heavy (non-hydrogen) atoms. The quantitative estimate of drug-likeness (QED) is 0.409. The average molecular weight is 356 g/mol. The first-order valence-electron chi connectivity index (χ1n) is 8.79. The molecular formula is C19H28N6O. The van der Waals surface area contributed by atoms with Gasteiger partial charge in [-0.15, -0.1) is 10.2 Å². The molecule has 0 saturated heterocycles. The lowest BCUT2D eigenvalue weighted by molar-refractivity contribution is 0.410. The van der Waals surface area contributed by atoms with E-state index >= 15 is 0 Å². The smallest absolute Gasteiger partial charge is 0.191 e. The summed E-state index contributed by atoms with van der Waals surface area (Å²) in [6.07, 6.45) is 2.62. The Balaban J connectivity index is 1.99. The van der Waals surface area contributed by atoms with Crippen molar-refractivity contribution in [3.8, 4) is 5.75 Å². The van der Waals surface area contributed by atoms with Crippen LogP contribution in [0.15, 0.2) is 47.7 Å². The van der Waals surface area contributed by atoms with Crippen LogP contribution in [-0.2, 0) is 19.5 Å². The molecule has 0 spiro atoms. The third-order valence-electron chi connectivity index (χ3n) is 3.81. The first-order valence-corrected chi connectivity index (χ1v) is 8.79. The molecule has 0 amide bonds. The zero-order valence-corrected chi connectivity index (χ0v) is 15.8. The maximum atomic E-state index is 5.39. The van der Waals surface area contributed by atoms with Gasteiger partial charge in [-0.2, -0.15) is 0 Å². The van der Waals surface area contributed by atoms with E-state index in [4.69, 9.17) is 4.74 Å². The zero-order valence-electron chi connectivity index (χ0n) is 15.8. The molecule has 1 heterocycles. The first-order chi connectivity index (χ1) is 12.6. The van der Waals surface area contributed by atoms with Crippen molar-refractivity contribution in [2.24, 2.45) is 4.99 Å². The second kappa shape index (κ2) is 10.2.